The predicted octanol–water partition coefficient (Wildman–Crippen LogP) is 2.21. The molecule has 1 saturated heterocycles. The molecule has 0 radical (unpaired) electrons. The van der Waals surface area contributed by atoms with Crippen LogP contribution in [0.25, 0.3) is 0 Å². The Balaban J connectivity index is 1.31. The first kappa shape index (κ1) is 19.0. The zero-order valence-electron chi connectivity index (χ0n) is 14.9. The van der Waals surface area contributed by atoms with Crippen molar-refractivity contribution >= 4 is 40.6 Å². The number of hydrogen-bond acceptors (Lipinski definition) is 6. The molecule has 0 aromatic carbocycles. The lowest BCUT2D eigenvalue weighted by atomic mass is 10.2. The van der Waals surface area contributed by atoms with Crippen LogP contribution in [-0.4, -0.2) is 64.0 Å². The highest BCUT2D eigenvalue weighted by molar-refractivity contribution is 7.98. The van der Waals surface area contributed by atoms with Gasteiger partial charge in [-0.1, -0.05) is 11.6 Å². The molecule has 9 heteroatoms. The molecule has 2 aromatic rings. The number of halogens is 1. The lowest BCUT2D eigenvalue weighted by Crippen LogP contribution is -2.49. The van der Waals surface area contributed by atoms with Crippen molar-refractivity contribution in [2.45, 2.75) is 18.7 Å². The SMILES string of the molecule is O=C(c1ccc(Cl)s1)N1CCN(CCn2nc3c(cc2=O)CSCC3)CC1. The lowest BCUT2D eigenvalue weighted by Gasteiger charge is -2.34. The molecule has 2 aliphatic heterocycles. The number of thioether (sulfide) groups is 1. The third-order valence-electron chi connectivity index (χ3n) is 4.98. The third-order valence-corrected chi connectivity index (χ3v) is 7.20. The van der Waals surface area contributed by atoms with Crippen LogP contribution in [0.3, 0.4) is 0 Å². The number of nitrogens with zero attached hydrogens (tertiary/aromatic N) is 4. The molecule has 2 aromatic heterocycles. The Morgan fingerprint density at radius 3 is 2.74 bits per heavy atom. The number of piperazine rings is 1. The zero-order valence-corrected chi connectivity index (χ0v) is 17.3. The van der Waals surface area contributed by atoms with Crippen molar-refractivity contribution in [2.24, 2.45) is 0 Å². The normalized spacial score (nSPS) is 17.7. The number of aromatic nitrogens is 2. The van der Waals surface area contributed by atoms with Crippen LogP contribution < -0.4 is 5.56 Å². The number of carbonyl (C=O) groups excluding carboxylic acids is 1. The summed E-state index contributed by atoms with van der Waals surface area (Å²) in [6, 6.07) is 5.29. The second-order valence-corrected chi connectivity index (χ2v) is 9.54. The highest BCUT2D eigenvalue weighted by Gasteiger charge is 2.23. The molecule has 4 rings (SSSR count). The van der Waals surface area contributed by atoms with Crippen molar-refractivity contribution in [3.05, 3.63) is 49.0 Å². The van der Waals surface area contributed by atoms with Crippen LogP contribution in [0, 0.1) is 0 Å². The topological polar surface area (TPSA) is 58.4 Å². The minimum absolute atomic E-state index is 0.0142. The highest BCUT2D eigenvalue weighted by Crippen LogP contribution is 2.23. The molecule has 0 spiro atoms. The molecule has 144 valence electrons. The molecule has 4 heterocycles. The number of hydrogen-bond donors (Lipinski definition) is 0. The van der Waals surface area contributed by atoms with Gasteiger partial charge < -0.3 is 4.90 Å². The van der Waals surface area contributed by atoms with Gasteiger partial charge in [0.15, 0.2) is 0 Å². The van der Waals surface area contributed by atoms with Gasteiger partial charge in [-0.25, -0.2) is 4.68 Å². The van der Waals surface area contributed by atoms with Gasteiger partial charge in [0.1, 0.15) is 0 Å². The average Bonchev–Trinajstić information content (AvgIpc) is 3.12. The van der Waals surface area contributed by atoms with Crippen LogP contribution >= 0.6 is 34.7 Å². The monoisotopic (exact) mass is 424 g/mol. The van der Waals surface area contributed by atoms with Gasteiger partial charge in [0, 0.05) is 51.0 Å². The van der Waals surface area contributed by atoms with E-state index in [1.165, 1.54) is 11.3 Å². The fourth-order valence-electron chi connectivity index (χ4n) is 3.41. The Hall–Kier alpha value is -1.35. The summed E-state index contributed by atoms with van der Waals surface area (Å²) >= 11 is 9.11. The first-order valence-corrected chi connectivity index (χ1v) is 11.4. The van der Waals surface area contributed by atoms with Crippen molar-refractivity contribution < 1.29 is 4.79 Å². The summed E-state index contributed by atoms with van der Waals surface area (Å²) in [6.45, 7) is 4.36. The summed E-state index contributed by atoms with van der Waals surface area (Å²) in [6.07, 6.45) is 0.938. The molecule has 27 heavy (non-hydrogen) atoms. The van der Waals surface area contributed by atoms with Crippen molar-refractivity contribution in [2.75, 3.05) is 38.5 Å². The van der Waals surface area contributed by atoms with Crippen LogP contribution in [-0.2, 0) is 18.7 Å². The Kier molecular flexibility index (Phi) is 5.87. The van der Waals surface area contributed by atoms with Gasteiger partial charge in [-0.2, -0.15) is 16.9 Å². The Bertz CT molecular complexity index is 890. The summed E-state index contributed by atoms with van der Waals surface area (Å²) in [4.78, 5) is 29.6. The maximum atomic E-state index is 12.5. The summed E-state index contributed by atoms with van der Waals surface area (Å²) in [5.41, 5.74) is 2.14. The van der Waals surface area contributed by atoms with Crippen molar-refractivity contribution in [3.63, 3.8) is 0 Å². The van der Waals surface area contributed by atoms with E-state index < -0.39 is 0 Å². The van der Waals surface area contributed by atoms with Gasteiger partial charge in [0.2, 0.25) is 0 Å². The molecule has 1 amide bonds. The maximum Gasteiger partial charge on any atom is 0.267 e. The van der Waals surface area contributed by atoms with Crippen LogP contribution in [0.4, 0.5) is 0 Å². The van der Waals surface area contributed by atoms with E-state index in [1.807, 2.05) is 16.7 Å². The number of fused-ring (bicyclic) bond motifs is 1. The van der Waals surface area contributed by atoms with Gasteiger partial charge in [0.05, 0.1) is 21.5 Å². The third kappa shape index (κ3) is 4.39. The number of rotatable bonds is 4. The Labute approximate surface area is 171 Å². The maximum absolute atomic E-state index is 12.5. The van der Waals surface area contributed by atoms with E-state index in [1.54, 1.807) is 22.9 Å². The van der Waals surface area contributed by atoms with Crippen molar-refractivity contribution in [1.29, 1.82) is 0 Å². The molecule has 6 nitrogen and oxygen atoms in total. The van der Waals surface area contributed by atoms with Crippen LogP contribution in [0.5, 0.6) is 0 Å². The highest BCUT2D eigenvalue weighted by atomic mass is 35.5. The van der Waals surface area contributed by atoms with Crippen molar-refractivity contribution in [1.82, 2.24) is 19.6 Å². The first-order chi connectivity index (χ1) is 13.1. The number of thiophene rings is 1. The molecule has 0 unspecified atom stereocenters. The van der Waals surface area contributed by atoms with E-state index in [-0.39, 0.29) is 11.5 Å². The van der Waals surface area contributed by atoms with Crippen molar-refractivity contribution in [3.8, 4) is 0 Å². The Morgan fingerprint density at radius 1 is 1.19 bits per heavy atom. The molecule has 0 bridgehead atoms. The zero-order chi connectivity index (χ0) is 18.8. The first-order valence-electron chi connectivity index (χ1n) is 9.05. The number of carbonyl (C=O) groups is 1. The van der Waals surface area contributed by atoms with Crippen LogP contribution in [0.2, 0.25) is 4.34 Å². The number of aryl methyl sites for hydroxylation is 1. The van der Waals surface area contributed by atoms with E-state index in [2.05, 4.69) is 10.00 Å². The minimum atomic E-state index is -0.0142. The molecule has 0 aliphatic carbocycles. The predicted molar refractivity (Wildman–Crippen MR) is 110 cm³/mol. The van der Waals surface area contributed by atoms with Gasteiger partial charge >= 0.3 is 0 Å². The van der Waals surface area contributed by atoms with Gasteiger partial charge in [-0.05, 0) is 23.4 Å². The molecule has 0 N–H and O–H groups in total. The van der Waals surface area contributed by atoms with E-state index in [0.717, 1.165) is 48.8 Å². The van der Waals surface area contributed by atoms with Crippen LogP contribution in [0.1, 0.15) is 20.9 Å². The summed E-state index contributed by atoms with van der Waals surface area (Å²) in [5, 5.41) is 4.57. The molecular weight excluding hydrogens is 404 g/mol. The standard InChI is InChI=1S/C18H21ClN4O2S2/c19-16-2-1-15(27-16)18(25)22-7-4-21(5-8-22)6-9-23-17(24)11-13-12-26-10-3-14(13)20-23/h1-2,11H,3-10,12H2. The second-order valence-electron chi connectivity index (χ2n) is 6.72. The Morgan fingerprint density at radius 2 is 2.00 bits per heavy atom. The van der Waals surface area contributed by atoms with Crippen LogP contribution in [0.15, 0.2) is 23.0 Å². The molecule has 2 aliphatic rings. The summed E-state index contributed by atoms with van der Waals surface area (Å²) < 4.78 is 2.23. The number of amides is 1. The van der Waals surface area contributed by atoms with E-state index >= 15 is 0 Å². The summed E-state index contributed by atoms with van der Waals surface area (Å²) in [5.74, 6) is 2.02. The van der Waals surface area contributed by atoms with Gasteiger partial charge in [-0.15, -0.1) is 11.3 Å². The van der Waals surface area contributed by atoms with E-state index in [0.29, 0.717) is 28.8 Å². The fraction of sp³-hybridized carbons (Fsp3) is 0.500. The second kappa shape index (κ2) is 8.34. The minimum Gasteiger partial charge on any atom is -0.335 e. The smallest absolute Gasteiger partial charge is 0.267 e. The largest absolute Gasteiger partial charge is 0.335 e. The quantitative estimate of drug-likeness (QED) is 0.753. The summed E-state index contributed by atoms with van der Waals surface area (Å²) in [7, 11) is 0. The molecule has 0 atom stereocenters. The molecular formula is C18H21ClN4O2S2. The molecule has 0 saturated carbocycles. The molecule has 1 fully saturated rings. The van der Waals surface area contributed by atoms with E-state index in [4.69, 9.17) is 11.6 Å². The van der Waals surface area contributed by atoms with Gasteiger partial charge in [-0.3, -0.25) is 14.5 Å². The van der Waals surface area contributed by atoms with Gasteiger partial charge in [0.25, 0.3) is 11.5 Å². The van der Waals surface area contributed by atoms with E-state index in [9.17, 15) is 9.59 Å². The average molecular weight is 425 g/mol. The fourth-order valence-corrected chi connectivity index (χ4v) is 5.37. The lowest BCUT2D eigenvalue weighted by molar-refractivity contribution is 0.0636.